The number of rotatable bonds is 8. The molecule has 4 fully saturated rings. The molecule has 48 heavy (non-hydrogen) atoms. The molecular weight excluding hydrogens is 632 g/mol. The maximum atomic E-state index is 16.1. The van der Waals surface area contributed by atoms with Gasteiger partial charge in [0.05, 0.1) is 31.5 Å². The Kier molecular flexibility index (Phi) is 7.28. The van der Waals surface area contributed by atoms with Crippen molar-refractivity contribution < 1.29 is 37.9 Å². The Morgan fingerprint density at radius 3 is 2.42 bits per heavy atom. The summed E-state index contributed by atoms with van der Waals surface area (Å²) < 4.78 is 136. The second kappa shape index (κ2) is 12.9. The van der Waals surface area contributed by atoms with Crippen molar-refractivity contribution in [2.45, 2.75) is 57.0 Å². The normalized spacial score (nSPS) is 23.0. The van der Waals surface area contributed by atoms with Crippen LogP contribution < -0.4 is 14.5 Å². The summed E-state index contributed by atoms with van der Waals surface area (Å²) in [4.78, 5) is 13.4. The molecule has 3 aromatic rings. The number of anilines is 2. The van der Waals surface area contributed by atoms with Crippen LogP contribution in [-0.2, 0) is 6.18 Å². The highest BCUT2D eigenvalue weighted by molar-refractivity contribution is 5.84. The monoisotopic (exact) mass is 676 g/mol. The van der Waals surface area contributed by atoms with Gasteiger partial charge in [0.15, 0.2) is 5.83 Å². The molecule has 0 N–H and O–H groups in total. The molecule has 0 atom stereocenters. The molecule has 12 heteroatoms. The Labute approximate surface area is 283 Å². The number of hydrogen-bond donors (Lipinski definition) is 0. The first-order valence-corrected chi connectivity index (χ1v) is 16.3. The predicted octanol–water partition coefficient (Wildman–Crippen LogP) is 8.69. The minimum absolute atomic E-state index is 0.00722. The maximum absolute atomic E-state index is 16.1. The number of ether oxygens (including phenoxy) is 1. The van der Waals surface area contributed by atoms with E-state index in [1.165, 1.54) is 30.0 Å². The van der Waals surface area contributed by atoms with E-state index < -0.39 is 78.2 Å². The van der Waals surface area contributed by atoms with Crippen molar-refractivity contribution >= 4 is 23.4 Å². The molecule has 0 radical (unpaired) electrons. The Bertz CT molecular complexity index is 1890. The quantitative estimate of drug-likeness (QED) is 0.223. The summed E-state index contributed by atoms with van der Waals surface area (Å²) in [5.74, 6) is -4.86. The van der Waals surface area contributed by atoms with E-state index in [1.54, 1.807) is 4.90 Å². The van der Waals surface area contributed by atoms with Crippen LogP contribution in [0.2, 0.25) is 0 Å². The van der Waals surface area contributed by atoms with Gasteiger partial charge in [-0.15, -0.1) is 0 Å². The topological polar surface area (TPSA) is 44.7 Å². The molecule has 4 aliphatic rings. The average Bonchev–Trinajstić information content (AvgIpc) is 3.87. The van der Waals surface area contributed by atoms with E-state index in [0.29, 0.717) is 12.3 Å². The second-order valence-corrected chi connectivity index (χ2v) is 13.5. The van der Waals surface area contributed by atoms with Gasteiger partial charge in [-0.05, 0) is 93.2 Å². The zero-order valence-electron chi connectivity index (χ0n) is 31.3. The van der Waals surface area contributed by atoms with Crippen molar-refractivity contribution in [2.24, 2.45) is 11.3 Å². The lowest BCUT2D eigenvalue weighted by Crippen LogP contribution is -2.50. The predicted molar refractivity (Wildman–Crippen MR) is 173 cm³/mol. The third kappa shape index (κ3) is 7.28. The fourth-order valence-corrected chi connectivity index (χ4v) is 7.25. The lowest BCUT2D eigenvalue weighted by molar-refractivity contribution is -0.138. The van der Waals surface area contributed by atoms with Crippen molar-refractivity contribution in [3.63, 3.8) is 0 Å². The molecule has 0 amide bonds. The molecule has 1 aliphatic carbocycles. The van der Waals surface area contributed by atoms with E-state index in [0.717, 1.165) is 57.2 Å². The standard InChI is InChI=1S/C36H39F6N5O/c37-28(29-20-43-21-31(44-29)46-18-14-35(38,39)24-46)19-26-9-10-30(48-27-5-2-1-3-6-27)32(36(40,41)42)33(26)47-15-4-11-34(23-47)12-16-45(17-13-34)22-25-7-8-25/h1-3,5-6,9-10,19-21,25H,4,7-8,11-18,22-24H2/b28-19-/i1D,2D,3D,5D,6D. The molecule has 256 valence electrons. The highest BCUT2D eigenvalue weighted by atomic mass is 19.4. The van der Waals surface area contributed by atoms with Gasteiger partial charge in [0.1, 0.15) is 28.6 Å². The number of para-hydroxylation sites is 1. The maximum Gasteiger partial charge on any atom is 0.422 e. The number of halogens is 6. The van der Waals surface area contributed by atoms with Gasteiger partial charge >= 0.3 is 6.18 Å². The highest BCUT2D eigenvalue weighted by Crippen LogP contribution is 2.50. The van der Waals surface area contributed by atoms with Crippen LogP contribution in [0.3, 0.4) is 0 Å². The van der Waals surface area contributed by atoms with Gasteiger partial charge in [-0.1, -0.05) is 18.1 Å². The van der Waals surface area contributed by atoms with Crippen molar-refractivity contribution in [1.82, 2.24) is 14.9 Å². The van der Waals surface area contributed by atoms with Gasteiger partial charge in [0.25, 0.3) is 5.92 Å². The molecule has 1 spiro atoms. The van der Waals surface area contributed by atoms with E-state index in [9.17, 15) is 8.78 Å². The zero-order chi connectivity index (χ0) is 37.9. The summed E-state index contributed by atoms with van der Waals surface area (Å²) in [5, 5.41) is 0. The van der Waals surface area contributed by atoms with Crippen LogP contribution in [0.1, 0.15) is 68.6 Å². The number of aromatic nitrogens is 2. The van der Waals surface area contributed by atoms with Crippen molar-refractivity contribution in [3.05, 3.63) is 71.6 Å². The first kappa shape index (κ1) is 27.1. The van der Waals surface area contributed by atoms with E-state index in [1.807, 2.05) is 0 Å². The minimum Gasteiger partial charge on any atom is -0.457 e. The third-order valence-electron chi connectivity index (χ3n) is 9.89. The largest absolute Gasteiger partial charge is 0.457 e. The Balaban J connectivity index is 1.31. The van der Waals surface area contributed by atoms with Crippen LogP contribution in [0.15, 0.2) is 54.7 Å². The Morgan fingerprint density at radius 2 is 1.73 bits per heavy atom. The highest BCUT2D eigenvalue weighted by Gasteiger charge is 2.45. The van der Waals surface area contributed by atoms with Crippen LogP contribution in [0, 0.1) is 11.3 Å². The molecule has 2 aromatic carbocycles. The molecule has 7 rings (SSSR count). The molecule has 0 unspecified atom stereocenters. The van der Waals surface area contributed by atoms with E-state index in [2.05, 4.69) is 14.9 Å². The zero-order valence-corrected chi connectivity index (χ0v) is 26.3. The van der Waals surface area contributed by atoms with Gasteiger partial charge in [-0.3, -0.25) is 4.98 Å². The van der Waals surface area contributed by atoms with Gasteiger partial charge in [0, 0.05) is 38.2 Å². The number of likely N-dealkylation sites (tertiary alicyclic amines) is 1. The van der Waals surface area contributed by atoms with Gasteiger partial charge in [0.2, 0.25) is 0 Å². The summed E-state index contributed by atoms with van der Waals surface area (Å²) in [6, 6.07) is -1.74. The molecule has 3 saturated heterocycles. The summed E-state index contributed by atoms with van der Waals surface area (Å²) in [6.07, 6.45) is 3.08. The smallest absolute Gasteiger partial charge is 0.422 e. The van der Waals surface area contributed by atoms with E-state index in [4.69, 9.17) is 11.6 Å². The number of benzene rings is 2. The average molecular weight is 677 g/mol. The summed E-state index contributed by atoms with van der Waals surface area (Å²) in [7, 11) is 0. The van der Waals surface area contributed by atoms with Gasteiger partial charge < -0.3 is 19.4 Å². The molecule has 1 aromatic heterocycles. The van der Waals surface area contributed by atoms with Crippen LogP contribution in [-0.4, -0.2) is 66.6 Å². The van der Waals surface area contributed by atoms with Crippen LogP contribution in [0.5, 0.6) is 11.5 Å². The number of alkyl halides is 5. The summed E-state index contributed by atoms with van der Waals surface area (Å²) in [6.45, 7) is 2.50. The van der Waals surface area contributed by atoms with E-state index in [-0.39, 0.29) is 47.8 Å². The number of nitrogens with zero attached hydrogens (tertiary/aromatic N) is 5. The number of piperidine rings is 2. The molecular formula is C36H39F6N5O. The molecule has 4 heterocycles. The van der Waals surface area contributed by atoms with E-state index >= 15 is 17.6 Å². The number of hydrogen-bond acceptors (Lipinski definition) is 6. The van der Waals surface area contributed by atoms with Gasteiger partial charge in [-0.25, -0.2) is 18.2 Å². The van der Waals surface area contributed by atoms with Crippen molar-refractivity contribution in [3.8, 4) is 11.5 Å². The van der Waals surface area contributed by atoms with Crippen LogP contribution in [0.25, 0.3) is 11.9 Å². The van der Waals surface area contributed by atoms with Crippen molar-refractivity contribution in [1.29, 1.82) is 0 Å². The lowest BCUT2D eigenvalue weighted by atomic mass is 9.72. The summed E-state index contributed by atoms with van der Waals surface area (Å²) in [5.41, 5.74) is -2.46. The van der Waals surface area contributed by atoms with Crippen LogP contribution in [0.4, 0.5) is 37.8 Å². The SMILES string of the molecule is [2H]c1c([2H])c([2H])c(Oc2ccc(/C=C(\F)c3cncc(N4CCC(F)(F)C4)n3)c(N3CCCC4(CCN(CC5CC5)CC4)C3)c2C(F)(F)F)c([2H])c1[2H]. The lowest BCUT2D eigenvalue weighted by Gasteiger charge is -2.49. The molecule has 0 bridgehead atoms. The Morgan fingerprint density at radius 1 is 0.958 bits per heavy atom. The van der Waals surface area contributed by atoms with Crippen molar-refractivity contribution in [2.75, 3.05) is 55.6 Å². The van der Waals surface area contributed by atoms with Gasteiger partial charge in [-0.2, -0.15) is 13.2 Å². The first-order chi connectivity index (χ1) is 25.0. The Hall–Kier alpha value is -3.80. The summed E-state index contributed by atoms with van der Waals surface area (Å²) >= 11 is 0. The third-order valence-corrected chi connectivity index (χ3v) is 9.89. The molecule has 6 nitrogen and oxygen atoms in total. The van der Waals surface area contributed by atoms with Crippen LogP contribution >= 0.6 is 0 Å². The fraction of sp³-hybridized carbons (Fsp3) is 0.500. The molecule has 1 saturated carbocycles. The first-order valence-electron chi connectivity index (χ1n) is 18.8. The second-order valence-electron chi connectivity index (χ2n) is 13.5. The molecule has 3 aliphatic heterocycles. The fourth-order valence-electron chi connectivity index (χ4n) is 7.25. The minimum atomic E-state index is -5.10.